The molecule has 17 heterocycles. The van der Waals surface area contributed by atoms with E-state index in [0.29, 0.717) is 52.2 Å². The largest absolute Gasteiger partial charge is 0.348 e. The minimum atomic E-state index is -0.380. The molecule has 21 nitrogen and oxygen atoms in total. The Hall–Kier alpha value is -7.77. The fourth-order valence-electron chi connectivity index (χ4n) is 17.0. The molecule has 5 aliphatic heterocycles. The maximum absolute atomic E-state index is 14.6. The van der Waals surface area contributed by atoms with Gasteiger partial charge in [-0.1, -0.05) is 61.7 Å². The molecular weight excluding hydrogens is 1320 g/mol. The Bertz CT molecular complexity index is 5020. The van der Waals surface area contributed by atoms with Crippen molar-refractivity contribution in [2.24, 2.45) is 0 Å². The first-order valence-corrected chi connectivity index (χ1v) is 38.1. The molecule has 5 aliphatic rings. The van der Waals surface area contributed by atoms with E-state index in [1.165, 1.54) is 49.5 Å². The van der Waals surface area contributed by atoms with E-state index in [4.69, 9.17) is 29.9 Å². The molecule has 12 aromatic heterocycles. The Labute approximate surface area is 592 Å². The summed E-state index contributed by atoms with van der Waals surface area (Å²) in [7, 11) is 6.53. The van der Waals surface area contributed by atoms with Gasteiger partial charge < -0.3 is 39.5 Å². The maximum atomic E-state index is 14.6. The van der Waals surface area contributed by atoms with Crippen molar-refractivity contribution in [3.05, 3.63) is 102 Å². The lowest BCUT2D eigenvalue weighted by Crippen LogP contribution is -2.61. The molecule has 516 valence electrons. The zero-order chi connectivity index (χ0) is 69.3. The topological polar surface area (TPSA) is 225 Å². The van der Waals surface area contributed by atoms with Gasteiger partial charge in [0.15, 0.2) is 49.1 Å². The molecule has 0 spiro atoms. The number of hydrogen-bond acceptors (Lipinski definition) is 22. The van der Waals surface area contributed by atoms with E-state index in [2.05, 4.69) is 168 Å². The van der Waals surface area contributed by atoms with Gasteiger partial charge in [0.05, 0.1) is 45.9 Å². The van der Waals surface area contributed by atoms with Crippen molar-refractivity contribution in [2.45, 2.75) is 217 Å². The molecule has 12 aromatic rings. The molecular formula is C73H88FN21S4. The Morgan fingerprint density at radius 2 is 0.970 bits per heavy atom. The summed E-state index contributed by atoms with van der Waals surface area (Å²) in [6, 6.07) is 9.00. The standard InChI is InChI=1S/C26H30N8S.C25H30FN7S.C22H28N6S2/c1-5-25-7-8-26(6-2,32-25)11-19(10-25)33(4)24-30-20-13-28-21(31-23(20)35-24)18-9-17(12-27)22-29-16(3)14-34(22)15-18;1-5-24-7-8-25(6-2,31-24)11-17(10-24)32(4)23-29-19-12-27-20(30-22(19)34-23)16-9-18(26)21-28-15(3)13-33(21)14-16;1-13-11-28-12-17(25-20(28)29-13)15-7-18-16(10-23-15)24-19(30-18)27(6)14-8-21(2,3)26-22(4,5)9-14/h9,13-15,19,32H,5-8,10-11H2,1-4H3;9,12-14,17,31H,5-8,10-11H2,1-4H3;7,10-12,14,26H,8-9H2,1-6H3. The normalized spacial score (nSPS) is 24.0. The molecule has 0 amide bonds. The van der Waals surface area contributed by atoms with Gasteiger partial charge in [-0.05, 0) is 157 Å². The fraction of sp³-hybridized carbons (Fsp3) is 0.507. The number of aryl methyl sites for hydroxylation is 3. The molecule has 0 aromatic carbocycles. The third kappa shape index (κ3) is 12.7. The first kappa shape index (κ1) is 67.1. The summed E-state index contributed by atoms with van der Waals surface area (Å²) in [5.41, 5.74) is 10.1. The zero-order valence-electron chi connectivity index (χ0n) is 59.1. The fourth-order valence-corrected chi connectivity index (χ4v) is 20.7. The number of hydrogen-bond donors (Lipinski definition) is 3. The number of pyridine rings is 3. The minimum absolute atomic E-state index is 0.110. The van der Waals surface area contributed by atoms with Gasteiger partial charge >= 0.3 is 0 Å². The lowest BCUT2D eigenvalue weighted by Gasteiger charge is -2.48. The molecule has 0 saturated carbocycles. The van der Waals surface area contributed by atoms with Crippen LogP contribution in [0.4, 0.5) is 19.8 Å². The summed E-state index contributed by atoms with van der Waals surface area (Å²) in [6.07, 6.45) is 33.5. The molecule has 26 heteroatoms. The number of nitriles is 1. The number of nitrogens with zero attached hydrogens (tertiary/aromatic N) is 18. The lowest BCUT2D eigenvalue weighted by molar-refractivity contribution is 0.161. The van der Waals surface area contributed by atoms with Crippen LogP contribution in [0.2, 0.25) is 0 Å². The van der Waals surface area contributed by atoms with Crippen LogP contribution in [0.15, 0.2) is 74.0 Å². The first-order chi connectivity index (χ1) is 47.3. The number of imidazole rings is 3. The average molecular weight is 1410 g/mol. The summed E-state index contributed by atoms with van der Waals surface area (Å²) in [6.45, 7) is 24.3. The number of aromatic nitrogens is 14. The van der Waals surface area contributed by atoms with Crippen molar-refractivity contribution in [3.63, 3.8) is 0 Å². The first-order valence-electron chi connectivity index (χ1n) is 34.9. The smallest absolute Gasteiger partial charge is 0.194 e. The van der Waals surface area contributed by atoms with Gasteiger partial charge in [0.2, 0.25) is 0 Å². The van der Waals surface area contributed by atoms with Gasteiger partial charge in [0.1, 0.15) is 38.0 Å². The van der Waals surface area contributed by atoms with Crippen molar-refractivity contribution in [2.75, 3.05) is 35.8 Å². The highest BCUT2D eigenvalue weighted by atomic mass is 32.1. The predicted octanol–water partition coefficient (Wildman–Crippen LogP) is 15.1. The van der Waals surface area contributed by atoms with Crippen molar-refractivity contribution >= 4 is 108 Å². The molecule has 4 bridgehead atoms. The van der Waals surface area contributed by atoms with Crippen LogP contribution in [0.5, 0.6) is 0 Å². The quantitative estimate of drug-likeness (QED) is 0.0975. The Morgan fingerprint density at radius 1 is 0.505 bits per heavy atom. The van der Waals surface area contributed by atoms with E-state index in [1.807, 2.05) is 49.1 Å². The Kier molecular flexibility index (Phi) is 17.0. The number of rotatable bonds is 13. The van der Waals surface area contributed by atoms with Crippen LogP contribution in [0.25, 0.3) is 81.3 Å². The summed E-state index contributed by atoms with van der Waals surface area (Å²) in [5, 5.41) is 24.5. The van der Waals surface area contributed by atoms with Crippen LogP contribution in [0.3, 0.4) is 0 Å². The van der Waals surface area contributed by atoms with Crippen LogP contribution in [-0.2, 0) is 0 Å². The van der Waals surface area contributed by atoms with Crippen LogP contribution < -0.4 is 30.7 Å². The van der Waals surface area contributed by atoms with E-state index < -0.39 is 0 Å². The third-order valence-corrected chi connectivity index (χ3v) is 26.3. The second-order valence-electron chi connectivity index (χ2n) is 30.2. The number of piperidine rings is 3. The predicted molar refractivity (Wildman–Crippen MR) is 400 cm³/mol. The molecule has 5 saturated heterocycles. The minimum Gasteiger partial charge on any atom is -0.348 e. The van der Waals surface area contributed by atoms with Crippen molar-refractivity contribution < 1.29 is 4.39 Å². The Balaban J connectivity index is 0.000000121. The van der Waals surface area contributed by atoms with Gasteiger partial charge in [-0.2, -0.15) is 5.26 Å². The van der Waals surface area contributed by atoms with Crippen LogP contribution in [-0.4, -0.2) is 141 Å². The van der Waals surface area contributed by atoms with E-state index in [9.17, 15) is 9.65 Å². The molecule has 3 N–H and O–H groups in total. The van der Waals surface area contributed by atoms with E-state index >= 15 is 0 Å². The molecule has 0 radical (unpaired) electrons. The Morgan fingerprint density at radius 3 is 1.47 bits per heavy atom. The van der Waals surface area contributed by atoms with Gasteiger partial charge in [-0.15, -0.1) is 11.3 Å². The lowest BCUT2D eigenvalue weighted by atomic mass is 9.79. The number of fused-ring (bicyclic) bond motifs is 10. The molecule has 4 unspecified atom stereocenters. The molecule has 0 aliphatic carbocycles. The van der Waals surface area contributed by atoms with Gasteiger partial charge in [-0.25, -0.2) is 54.2 Å². The maximum Gasteiger partial charge on any atom is 0.194 e. The van der Waals surface area contributed by atoms with Gasteiger partial charge in [0, 0.05) is 126 Å². The SMILES string of the molecule is CCC12CCC(CC)(CC(N(C)c3nc4cnc(-c5cc(C#N)c6nc(C)cn6c5)nc4s3)C1)N2.CCC12CCC(CC)(CC(N(C)c3nc4cnc(-c5cc(F)c6nc(C)cn6c5)nc4s3)C1)N2.Cc1cn2cc(-c3cc4sc(N(C)C5CC(C)(C)NC(C)(C)C5)nc4cn3)nc2s1. The highest BCUT2D eigenvalue weighted by Crippen LogP contribution is 2.50. The molecule has 4 atom stereocenters. The number of thiazole rings is 4. The number of anilines is 3. The second kappa shape index (κ2) is 25.1. The van der Waals surface area contributed by atoms with Crippen LogP contribution in [0, 0.1) is 37.9 Å². The monoisotopic (exact) mass is 1410 g/mol. The van der Waals surface area contributed by atoms with Crippen molar-refractivity contribution in [3.8, 4) is 40.2 Å². The molecule has 99 heavy (non-hydrogen) atoms. The summed E-state index contributed by atoms with van der Waals surface area (Å²) < 4.78 is 21.4. The van der Waals surface area contributed by atoms with Gasteiger partial charge in [-0.3, -0.25) is 9.38 Å². The summed E-state index contributed by atoms with van der Waals surface area (Å²) in [5.74, 6) is 0.705. The van der Waals surface area contributed by atoms with Crippen LogP contribution >= 0.6 is 45.3 Å². The van der Waals surface area contributed by atoms with Gasteiger partial charge in [0.25, 0.3) is 0 Å². The van der Waals surface area contributed by atoms with E-state index in [-0.39, 0.29) is 39.1 Å². The van der Waals surface area contributed by atoms with Crippen LogP contribution in [0.1, 0.15) is 167 Å². The highest BCUT2D eigenvalue weighted by Gasteiger charge is 2.54. The second-order valence-corrected chi connectivity index (χ2v) is 34.3. The van der Waals surface area contributed by atoms with Crippen molar-refractivity contribution in [1.82, 2.24) is 84.0 Å². The van der Waals surface area contributed by atoms with E-state index in [0.717, 1.165) is 131 Å². The average Bonchev–Trinajstić information content (AvgIpc) is 1.62. The molecule has 17 rings (SSSR count). The van der Waals surface area contributed by atoms with E-state index in [1.54, 1.807) is 68.3 Å². The summed E-state index contributed by atoms with van der Waals surface area (Å²) in [4.78, 5) is 62.5. The van der Waals surface area contributed by atoms with Crippen molar-refractivity contribution in [1.29, 1.82) is 5.26 Å². The highest BCUT2D eigenvalue weighted by molar-refractivity contribution is 7.22. The summed E-state index contributed by atoms with van der Waals surface area (Å²) >= 11 is 6.65. The number of nitrogens with one attached hydrogen (secondary N) is 3. The number of halogens is 1. The zero-order valence-corrected chi connectivity index (χ0v) is 62.4. The molecule has 5 fully saturated rings. The third-order valence-electron chi connectivity index (χ3n) is 22.2.